The Labute approximate surface area is 271 Å². The normalized spacial score (nSPS) is 10.5. The minimum atomic E-state index is 1.27. The van der Waals surface area contributed by atoms with E-state index in [9.17, 15) is 0 Å². The van der Waals surface area contributed by atoms with Crippen molar-refractivity contribution in [1.29, 1.82) is 0 Å². The van der Waals surface area contributed by atoms with Gasteiger partial charge >= 0.3 is 24.8 Å². The predicted octanol–water partition coefficient (Wildman–Crippen LogP) is 11.8. The number of rotatable bonds is 4. The fraction of sp³-hybridized carbons (Fsp3) is 0. The molecule has 0 saturated heterocycles. The Bertz CT molecular complexity index is 1910. The fourth-order valence-corrected chi connectivity index (χ4v) is 5.80. The summed E-state index contributed by atoms with van der Waals surface area (Å²) < 4.78 is 0. The summed E-state index contributed by atoms with van der Waals surface area (Å²) in [5, 5.41) is 5.25. The standard InChI is InChI=1S/2C21H15.CH2.Ti/c2*1-3-8-16(9-4-1)19-14-18-12-7-13-20(21(18)15-19)17-10-5-2-6-11-17;;/h2*1-15H;1H2;/q2*-1;;+2. The first-order chi connectivity index (χ1) is 21.8. The van der Waals surface area contributed by atoms with E-state index in [1.165, 1.54) is 66.1 Å². The molecule has 44 heavy (non-hydrogen) atoms. The van der Waals surface area contributed by atoms with Crippen LogP contribution in [0, 0.1) is 0 Å². The average molecular weight is 597 g/mol. The summed E-state index contributed by atoms with van der Waals surface area (Å²) in [6.07, 6.45) is 0. The molecule has 0 fully saturated rings. The Hall–Kier alpha value is -4.88. The molecule has 0 amide bonds. The zero-order valence-electron chi connectivity index (χ0n) is 24.5. The van der Waals surface area contributed by atoms with Crippen molar-refractivity contribution in [3.63, 3.8) is 0 Å². The molecule has 0 saturated carbocycles. The number of hydrogen-bond donors (Lipinski definition) is 0. The topological polar surface area (TPSA) is 0 Å². The smallest absolute Gasteiger partial charge is 0.0259 e. The van der Waals surface area contributed by atoms with Crippen molar-refractivity contribution in [2.45, 2.75) is 0 Å². The molecule has 0 aliphatic heterocycles. The Morgan fingerprint density at radius 2 is 0.659 bits per heavy atom. The third-order valence-electron chi connectivity index (χ3n) is 7.89. The van der Waals surface area contributed by atoms with E-state index in [-0.39, 0.29) is 0 Å². The maximum Gasteiger partial charge on any atom is -0.0259 e. The van der Waals surface area contributed by atoms with Crippen LogP contribution in [0.25, 0.3) is 66.1 Å². The summed E-state index contributed by atoms with van der Waals surface area (Å²) in [4.78, 5) is 3.25. The van der Waals surface area contributed by atoms with Gasteiger partial charge in [0.05, 0.1) is 0 Å². The maximum absolute atomic E-state index is 3.25. The van der Waals surface area contributed by atoms with Crippen LogP contribution in [0.2, 0.25) is 0 Å². The molecule has 0 nitrogen and oxygen atoms in total. The maximum atomic E-state index is 3.25. The van der Waals surface area contributed by atoms with Gasteiger partial charge in [-0.25, -0.2) is 0 Å². The molecule has 1 heteroatoms. The summed E-state index contributed by atoms with van der Waals surface area (Å²) in [6, 6.07) is 64.5. The van der Waals surface area contributed by atoms with Crippen molar-refractivity contribution >= 4 is 26.4 Å². The van der Waals surface area contributed by atoms with Crippen molar-refractivity contribution in [1.82, 2.24) is 0 Å². The largest absolute Gasteiger partial charge is 0.144 e. The molecule has 8 rings (SSSR count). The monoisotopic (exact) mass is 596 g/mol. The Balaban J connectivity index is 0.000000148. The summed E-state index contributed by atoms with van der Waals surface area (Å²) in [5.41, 5.74) is 10.3. The van der Waals surface area contributed by atoms with E-state index in [2.05, 4.69) is 187 Å². The fourth-order valence-electron chi connectivity index (χ4n) is 5.80. The van der Waals surface area contributed by atoms with Crippen LogP contribution >= 0.6 is 0 Å². The zero-order chi connectivity index (χ0) is 30.1. The van der Waals surface area contributed by atoms with Crippen LogP contribution in [0.4, 0.5) is 0 Å². The molecule has 0 aliphatic rings. The predicted molar refractivity (Wildman–Crippen MR) is 188 cm³/mol. The molecule has 0 N–H and O–H groups in total. The van der Waals surface area contributed by atoms with Gasteiger partial charge in [0, 0.05) is 0 Å². The van der Waals surface area contributed by atoms with E-state index >= 15 is 0 Å². The Kier molecular flexibility index (Phi) is 9.34. The van der Waals surface area contributed by atoms with Crippen molar-refractivity contribution in [2.75, 3.05) is 0 Å². The molecule has 208 valence electrons. The Morgan fingerprint density at radius 3 is 1.00 bits per heavy atom. The van der Waals surface area contributed by atoms with E-state index in [1.807, 2.05) is 0 Å². The molecule has 0 unspecified atom stereocenters. The van der Waals surface area contributed by atoms with E-state index in [1.54, 1.807) is 20.0 Å². The first-order valence-corrected chi connectivity index (χ1v) is 15.9. The quantitative estimate of drug-likeness (QED) is 0.140. The molecule has 0 aromatic heterocycles. The minimum absolute atomic E-state index is 1.27. The summed E-state index contributed by atoms with van der Waals surface area (Å²) in [6.45, 7) is 0. The van der Waals surface area contributed by atoms with Gasteiger partial charge in [-0.15, -0.1) is 69.1 Å². The summed E-state index contributed by atoms with van der Waals surface area (Å²) in [7, 11) is 0. The van der Waals surface area contributed by atoms with E-state index in [0.717, 1.165) is 0 Å². The summed E-state index contributed by atoms with van der Waals surface area (Å²) >= 11 is 1.75. The average Bonchev–Trinajstić information content (AvgIpc) is 3.76. The van der Waals surface area contributed by atoms with Crippen molar-refractivity contribution in [3.8, 4) is 44.5 Å². The third-order valence-corrected chi connectivity index (χ3v) is 7.89. The van der Waals surface area contributed by atoms with Gasteiger partial charge < -0.3 is 0 Å². The van der Waals surface area contributed by atoms with Gasteiger partial charge in [-0.05, 0) is 11.1 Å². The van der Waals surface area contributed by atoms with Crippen LogP contribution in [-0.2, 0) is 20.0 Å². The first kappa shape index (κ1) is 29.2. The van der Waals surface area contributed by atoms with Crippen LogP contribution in [0.3, 0.4) is 0 Å². The molecular weight excluding hydrogens is 564 g/mol. The molecule has 0 heterocycles. The van der Waals surface area contributed by atoms with Gasteiger partial charge in [0.2, 0.25) is 0 Å². The third kappa shape index (κ3) is 6.38. The van der Waals surface area contributed by atoms with E-state index < -0.39 is 0 Å². The van der Waals surface area contributed by atoms with Crippen molar-refractivity contribution < 1.29 is 20.0 Å². The number of hydrogen-bond acceptors (Lipinski definition) is 0. The van der Waals surface area contributed by atoms with Crippen LogP contribution in [0.15, 0.2) is 182 Å². The van der Waals surface area contributed by atoms with Gasteiger partial charge in [0.1, 0.15) is 0 Å². The van der Waals surface area contributed by atoms with Crippen molar-refractivity contribution in [3.05, 3.63) is 182 Å². The minimum Gasteiger partial charge on any atom is -0.144 e. The molecule has 0 spiro atoms. The number of benzene rings is 6. The van der Waals surface area contributed by atoms with E-state index in [4.69, 9.17) is 0 Å². The SMILES string of the molecule is [CH2]=[Ti+2].c1ccc(-c2cc3c(-c4ccccc4)cccc3[cH-]2)cc1.c1ccc(-c2cc3c(-c4ccccc4)cccc3[cH-]2)cc1. The van der Waals surface area contributed by atoms with Gasteiger partial charge in [0.15, 0.2) is 0 Å². The van der Waals surface area contributed by atoms with Gasteiger partial charge in [-0.1, -0.05) is 168 Å². The second kappa shape index (κ2) is 14.1. The zero-order valence-corrected chi connectivity index (χ0v) is 26.1. The van der Waals surface area contributed by atoms with Gasteiger partial charge in [0.25, 0.3) is 0 Å². The Morgan fingerprint density at radius 1 is 0.341 bits per heavy atom. The van der Waals surface area contributed by atoms with Crippen molar-refractivity contribution in [2.24, 2.45) is 0 Å². The molecule has 0 atom stereocenters. The molecule has 0 aliphatic carbocycles. The van der Waals surface area contributed by atoms with Gasteiger partial charge in [-0.3, -0.25) is 0 Å². The molecule has 0 radical (unpaired) electrons. The molecular formula is C43H32Ti. The van der Waals surface area contributed by atoms with Crippen LogP contribution in [0.1, 0.15) is 0 Å². The summed E-state index contributed by atoms with van der Waals surface area (Å²) in [5.74, 6) is 0. The van der Waals surface area contributed by atoms with Gasteiger partial charge in [-0.2, -0.15) is 0 Å². The van der Waals surface area contributed by atoms with Crippen LogP contribution in [0.5, 0.6) is 0 Å². The second-order valence-electron chi connectivity index (χ2n) is 10.6. The van der Waals surface area contributed by atoms with E-state index in [0.29, 0.717) is 0 Å². The molecule has 0 bridgehead atoms. The van der Waals surface area contributed by atoms with Crippen LogP contribution in [-0.4, -0.2) is 4.82 Å². The first-order valence-electron chi connectivity index (χ1n) is 14.8. The molecule has 8 aromatic carbocycles. The van der Waals surface area contributed by atoms with Crippen LogP contribution < -0.4 is 0 Å². The second-order valence-corrected chi connectivity index (χ2v) is 10.6. The number of fused-ring (bicyclic) bond motifs is 2. The molecule has 8 aromatic rings.